The molecule has 0 spiro atoms. The molecule has 0 atom stereocenters. The third kappa shape index (κ3) is 2.63. The third-order valence-corrected chi connectivity index (χ3v) is 3.70. The molecule has 1 amide bonds. The van der Waals surface area contributed by atoms with Crippen molar-refractivity contribution in [2.75, 3.05) is 5.32 Å². The van der Waals surface area contributed by atoms with Gasteiger partial charge in [-0.15, -0.1) is 0 Å². The number of nitrogens with zero attached hydrogens (tertiary/aromatic N) is 1. The highest BCUT2D eigenvalue weighted by Crippen LogP contribution is 2.16. The molecular formula is C18H16N2O2. The second-order valence-corrected chi connectivity index (χ2v) is 5.32. The number of anilines is 1. The lowest BCUT2D eigenvalue weighted by atomic mass is 10.1. The molecule has 3 aromatic rings. The van der Waals surface area contributed by atoms with E-state index in [-0.39, 0.29) is 11.5 Å². The van der Waals surface area contributed by atoms with Crippen molar-refractivity contribution in [3.8, 4) is 0 Å². The summed E-state index contributed by atoms with van der Waals surface area (Å²) in [6.45, 7) is 2.00. The minimum atomic E-state index is -0.167. The summed E-state index contributed by atoms with van der Waals surface area (Å²) in [6.07, 6.45) is 0. The summed E-state index contributed by atoms with van der Waals surface area (Å²) in [5.41, 5.74) is 3.20. The number of pyridine rings is 1. The summed E-state index contributed by atoms with van der Waals surface area (Å²) >= 11 is 0. The van der Waals surface area contributed by atoms with Crippen molar-refractivity contribution >= 4 is 22.5 Å². The van der Waals surface area contributed by atoms with Crippen LogP contribution >= 0.6 is 0 Å². The molecule has 0 saturated carbocycles. The number of carbonyl (C=O) groups excluding carboxylic acids is 1. The Balaban J connectivity index is 1.93. The number of aromatic nitrogens is 1. The van der Waals surface area contributed by atoms with Crippen LogP contribution in [0.5, 0.6) is 0 Å². The molecule has 2 aromatic carbocycles. The fraction of sp³-hybridized carbons (Fsp3) is 0.111. The lowest BCUT2D eigenvalue weighted by molar-refractivity contribution is 0.102. The van der Waals surface area contributed by atoms with Crippen LogP contribution in [0.1, 0.15) is 15.9 Å². The van der Waals surface area contributed by atoms with Crippen molar-refractivity contribution < 1.29 is 4.79 Å². The zero-order valence-corrected chi connectivity index (χ0v) is 12.5. The van der Waals surface area contributed by atoms with E-state index in [4.69, 9.17) is 0 Å². The first-order valence-electron chi connectivity index (χ1n) is 7.02. The summed E-state index contributed by atoms with van der Waals surface area (Å²) in [5, 5.41) is 3.73. The second-order valence-electron chi connectivity index (χ2n) is 5.32. The molecule has 0 aliphatic rings. The molecular weight excluding hydrogens is 276 g/mol. The Kier molecular flexibility index (Phi) is 3.51. The minimum Gasteiger partial charge on any atom is -0.322 e. The molecule has 110 valence electrons. The number of carbonyl (C=O) groups is 1. The average Bonchev–Trinajstić information content (AvgIpc) is 2.53. The number of aryl methyl sites for hydroxylation is 2. The van der Waals surface area contributed by atoms with Gasteiger partial charge in [0.25, 0.3) is 11.5 Å². The third-order valence-electron chi connectivity index (χ3n) is 3.70. The Bertz CT molecular complexity index is 909. The van der Waals surface area contributed by atoms with Crippen LogP contribution in [-0.4, -0.2) is 10.5 Å². The lowest BCUT2D eigenvalue weighted by Crippen LogP contribution is -2.16. The van der Waals surface area contributed by atoms with Crippen molar-refractivity contribution in [1.82, 2.24) is 4.57 Å². The predicted octanol–water partition coefficient (Wildman–Crippen LogP) is 3.10. The number of rotatable bonds is 2. The van der Waals surface area contributed by atoms with Gasteiger partial charge in [0.1, 0.15) is 0 Å². The van der Waals surface area contributed by atoms with Gasteiger partial charge in [-0.1, -0.05) is 17.7 Å². The Morgan fingerprint density at radius 1 is 1.00 bits per heavy atom. The quantitative estimate of drug-likeness (QED) is 0.789. The maximum atomic E-state index is 12.3. The number of amides is 1. The Morgan fingerprint density at radius 2 is 1.73 bits per heavy atom. The normalized spacial score (nSPS) is 10.6. The van der Waals surface area contributed by atoms with Gasteiger partial charge in [-0.2, -0.15) is 0 Å². The van der Waals surface area contributed by atoms with Gasteiger partial charge in [0.05, 0.1) is 5.52 Å². The molecule has 1 heterocycles. The van der Waals surface area contributed by atoms with Crippen LogP contribution in [0.4, 0.5) is 5.69 Å². The first-order chi connectivity index (χ1) is 10.5. The minimum absolute atomic E-state index is 0.0654. The van der Waals surface area contributed by atoms with Gasteiger partial charge in [-0.25, -0.2) is 0 Å². The fourth-order valence-electron chi connectivity index (χ4n) is 2.37. The predicted molar refractivity (Wildman–Crippen MR) is 88.3 cm³/mol. The monoisotopic (exact) mass is 292 g/mol. The van der Waals surface area contributed by atoms with Gasteiger partial charge in [0.15, 0.2) is 0 Å². The average molecular weight is 292 g/mol. The van der Waals surface area contributed by atoms with E-state index in [2.05, 4.69) is 5.32 Å². The molecule has 0 unspecified atom stereocenters. The molecule has 1 aromatic heterocycles. The lowest BCUT2D eigenvalue weighted by Gasteiger charge is -2.08. The second kappa shape index (κ2) is 5.48. The van der Waals surface area contributed by atoms with Gasteiger partial charge in [0, 0.05) is 24.4 Å². The molecule has 4 nitrogen and oxygen atoms in total. The van der Waals surface area contributed by atoms with Crippen LogP contribution in [-0.2, 0) is 7.05 Å². The van der Waals surface area contributed by atoms with E-state index in [0.717, 1.165) is 22.2 Å². The molecule has 0 saturated heterocycles. The molecule has 3 rings (SSSR count). The summed E-state index contributed by atoms with van der Waals surface area (Å²) in [7, 11) is 1.72. The van der Waals surface area contributed by atoms with E-state index in [0.29, 0.717) is 5.56 Å². The van der Waals surface area contributed by atoms with Crippen molar-refractivity contribution in [2.45, 2.75) is 6.92 Å². The number of fused-ring (bicyclic) bond motifs is 1. The van der Waals surface area contributed by atoms with Gasteiger partial charge >= 0.3 is 0 Å². The number of hydrogen-bond acceptors (Lipinski definition) is 2. The first kappa shape index (κ1) is 14.1. The van der Waals surface area contributed by atoms with Crippen LogP contribution in [0.15, 0.2) is 59.4 Å². The molecule has 1 N–H and O–H groups in total. The molecule has 0 radical (unpaired) electrons. The molecule has 0 aliphatic carbocycles. The number of benzene rings is 2. The molecule has 4 heteroatoms. The standard InChI is InChI=1S/C18H16N2O2/c1-12-3-7-15(8-4-12)19-18(22)14-5-9-16-13(11-14)6-10-17(21)20(16)2/h3-11H,1-2H3,(H,19,22). The van der Waals surface area contributed by atoms with E-state index >= 15 is 0 Å². The van der Waals surface area contributed by atoms with E-state index < -0.39 is 0 Å². The summed E-state index contributed by atoms with van der Waals surface area (Å²) < 4.78 is 1.57. The van der Waals surface area contributed by atoms with Gasteiger partial charge < -0.3 is 9.88 Å². The smallest absolute Gasteiger partial charge is 0.255 e. The highest BCUT2D eigenvalue weighted by atomic mass is 16.1. The Labute approximate surface area is 128 Å². The van der Waals surface area contributed by atoms with Crippen molar-refractivity contribution in [2.24, 2.45) is 7.05 Å². The first-order valence-corrected chi connectivity index (χ1v) is 7.02. The highest BCUT2D eigenvalue weighted by Gasteiger charge is 2.08. The summed E-state index contributed by atoms with van der Waals surface area (Å²) in [4.78, 5) is 23.9. The van der Waals surface area contributed by atoms with Gasteiger partial charge in [-0.05, 0) is 48.7 Å². The van der Waals surface area contributed by atoms with Gasteiger partial charge in [0.2, 0.25) is 0 Å². The SMILES string of the molecule is Cc1ccc(NC(=O)c2ccc3c(ccc(=O)n3C)c2)cc1. The molecule has 0 fully saturated rings. The number of nitrogens with one attached hydrogen (secondary N) is 1. The Morgan fingerprint density at radius 3 is 2.45 bits per heavy atom. The highest BCUT2D eigenvalue weighted by molar-refractivity contribution is 6.06. The van der Waals surface area contributed by atoms with Crippen molar-refractivity contribution in [1.29, 1.82) is 0 Å². The van der Waals surface area contributed by atoms with Crippen LogP contribution in [0, 0.1) is 6.92 Å². The summed E-state index contributed by atoms with van der Waals surface area (Å²) in [5.74, 6) is -0.167. The van der Waals surface area contributed by atoms with Crippen molar-refractivity contribution in [3.63, 3.8) is 0 Å². The van der Waals surface area contributed by atoms with Crippen LogP contribution in [0.3, 0.4) is 0 Å². The maximum absolute atomic E-state index is 12.3. The zero-order chi connectivity index (χ0) is 15.7. The molecule has 22 heavy (non-hydrogen) atoms. The van der Waals surface area contributed by atoms with E-state index in [1.54, 1.807) is 35.9 Å². The van der Waals surface area contributed by atoms with Crippen LogP contribution < -0.4 is 10.9 Å². The molecule has 0 bridgehead atoms. The summed E-state index contributed by atoms with van der Waals surface area (Å²) in [6, 6.07) is 16.2. The largest absolute Gasteiger partial charge is 0.322 e. The van der Waals surface area contributed by atoms with Crippen LogP contribution in [0.2, 0.25) is 0 Å². The maximum Gasteiger partial charge on any atom is 0.255 e. The van der Waals surface area contributed by atoms with Gasteiger partial charge in [-0.3, -0.25) is 9.59 Å². The van der Waals surface area contributed by atoms with Crippen LogP contribution in [0.25, 0.3) is 10.9 Å². The van der Waals surface area contributed by atoms with E-state index in [9.17, 15) is 9.59 Å². The van der Waals surface area contributed by atoms with E-state index in [1.165, 1.54) is 6.07 Å². The number of hydrogen-bond donors (Lipinski definition) is 1. The van der Waals surface area contributed by atoms with E-state index in [1.807, 2.05) is 31.2 Å². The Hall–Kier alpha value is -2.88. The fourth-order valence-corrected chi connectivity index (χ4v) is 2.37. The molecule has 0 aliphatic heterocycles. The zero-order valence-electron chi connectivity index (χ0n) is 12.5. The topological polar surface area (TPSA) is 51.1 Å². The van der Waals surface area contributed by atoms with Crippen molar-refractivity contribution in [3.05, 3.63) is 76.1 Å².